The summed E-state index contributed by atoms with van der Waals surface area (Å²) in [6, 6.07) is 10.4. The van der Waals surface area contributed by atoms with Crippen LogP contribution in [0.5, 0.6) is 0 Å². The van der Waals surface area contributed by atoms with E-state index >= 15 is 0 Å². The third kappa shape index (κ3) is 1.97. The van der Waals surface area contributed by atoms with Crippen molar-refractivity contribution in [2.24, 2.45) is 0 Å². The minimum Gasteiger partial charge on any atom is -0.392 e. The smallest absolute Gasteiger partial charge is 0.0703 e. The Morgan fingerprint density at radius 2 is 2.00 bits per heavy atom. The summed E-state index contributed by atoms with van der Waals surface area (Å²) in [6.07, 6.45) is 4.63. The molecule has 1 N–H and O–H groups in total. The van der Waals surface area contributed by atoms with Gasteiger partial charge in [-0.2, -0.15) is 0 Å². The van der Waals surface area contributed by atoms with Crippen LogP contribution < -0.4 is 4.90 Å². The molecule has 0 radical (unpaired) electrons. The molecule has 3 rings (SSSR count). The third-order valence-electron chi connectivity index (χ3n) is 3.53. The van der Waals surface area contributed by atoms with Crippen LogP contribution in [0.15, 0.2) is 42.7 Å². The second kappa shape index (κ2) is 4.78. The quantitative estimate of drug-likeness (QED) is 0.873. The van der Waals surface area contributed by atoms with Crippen LogP contribution in [0, 0.1) is 0 Å². The van der Waals surface area contributed by atoms with E-state index in [1.165, 1.54) is 11.1 Å². The monoisotopic (exact) mass is 240 g/mol. The van der Waals surface area contributed by atoms with E-state index in [-0.39, 0.29) is 6.61 Å². The van der Waals surface area contributed by atoms with Gasteiger partial charge in [0.25, 0.3) is 0 Å². The number of hydrogen-bond donors (Lipinski definition) is 1. The van der Waals surface area contributed by atoms with Gasteiger partial charge in [-0.1, -0.05) is 24.3 Å². The van der Waals surface area contributed by atoms with Crippen molar-refractivity contribution in [1.82, 2.24) is 4.98 Å². The van der Waals surface area contributed by atoms with Crippen LogP contribution >= 0.6 is 0 Å². The molecular weight excluding hydrogens is 224 g/mol. The Kier molecular flexibility index (Phi) is 2.99. The highest BCUT2D eigenvalue weighted by Crippen LogP contribution is 2.26. The molecule has 0 bridgehead atoms. The number of aliphatic hydroxyl groups excluding tert-OH is 1. The van der Waals surface area contributed by atoms with Crippen molar-refractivity contribution in [1.29, 1.82) is 0 Å². The van der Waals surface area contributed by atoms with Crippen molar-refractivity contribution >= 4 is 5.69 Å². The Morgan fingerprint density at radius 1 is 1.17 bits per heavy atom. The molecule has 1 aromatic carbocycles. The number of aliphatic hydroxyl groups is 1. The van der Waals surface area contributed by atoms with E-state index in [2.05, 4.69) is 34.1 Å². The van der Waals surface area contributed by atoms with E-state index in [0.717, 1.165) is 30.8 Å². The molecule has 1 aromatic heterocycles. The van der Waals surface area contributed by atoms with Gasteiger partial charge in [0, 0.05) is 24.8 Å². The van der Waals surface area contributed by atoms with Crippen molar-refractivity contribution in [2.45, 2.75) is 19.6 Å². The van der Waals surface area contributed by atoms with Crippen molar-refractivity contribution in [3.63, 3.8) is 0 Å². The molecule has 3 heteroatoms. The maximum atomic E-state index is 9.39. The minimum absolute atomic E-state index is 0.0655. The molecule has 1 aliphatic heterocycles. The zero-order chi connectivity index (χ0) is 12.4. The summed E-state index contributed by atoms with van der Waals surface area (Å²) in [5, 5.41) is 9.39. The highest BCUT2D eigenvalue weighted by atomic mass is 16.3. The van der Waals surface area contributed by atoms with Crippen molar-refractivity contribution in [2.75, 3.05) is 11.4 Å². The first-order valence-electron chi connectivity index (χ1n) is 6.24. The van der Waals surface area contributed by atoms with Gasteiger partial charge in [-0.3, -0.25) is 4.98 Å². The Balaban J connectivity index is 1.92. The maximum Gasteiger partial charge on any atom is 0.0703 e. The largest absolute Gasteiger partial charge is 0.392 e. The van der Waals surface area contributed by atoms with Gasteiger partial charge in [0.15, 0.2) is 0 Å². The van der Waals surface area contributed by atoms with Crippen LogP contribution in [0.3, 0.4) is 0 Å². The molecule has 1 aliphatic rings. The van der Waals surface area contributed by atoms with Gasteiger partial charge in [0.05, 0.1) is 18.5 Å². The van der Waals surface area contributed by atoms with E-state index in [4.69, 9.17) is 0 Å². The second-order valence-electron chi connectivity index (χ2n) is 4.60. The molecule has 18 heavy (non-hydrogen) atoms. The van der Waals surface area contributed by atoms with Crippen molar-refractivity contribution in [3.05, 3.63) is 59.4 Å². The van der Waals surface area contributed by atoms with E-state index < -0.39 is 0 Å². The lowest BCUT2D eigenvalue weighted by Crippen LogP contribution is -2.31. The summed E-state index contributed by atoms with van der Waals surface area (Å²) < 4.78 is 0. The van der Waals surface area contributed by atoms with Crippen molar-refractivity contribution < 1.29 is 5.11 Å². The van der Waals surface area contributed by atoms with E-state index in [0.29, 0.717) is 0 Å². The van der Waals surface area contributed by atoms with E-state index in [9.17, 15) is 5.11 Å². The SMILES string of the molecule is OCc1ccncc1N1CCc2ccccc2C1. The fourth-order valence-corrected chi connectivity index (χ4v) is 2.53. The van der Waals surface area contributed by atoms with Gasteiger partial charge in [-0.05, 0) is 23.6 Å². The average Bonchev–Trinajstić information content (AvgIpc) is 2.46. The standard InChI is InChI=1S/C15H16N2O/c18-11-14-5-7-16-9-15(14)17-8-6-12-3-1-2-4-13(12)10-17/h1-5,7,9,18H,6,8,10-11H2. The lowest BCUT2D eigenvalue weighted by molar-refractivity contribution is 0.282. The summed E-state index contributed by atoms with van der Waals surface area (Å²) in [7, 11) is 0. The van der Waals surface area contributed by atoms with Crippen LogP contribution in [-0.4, -0.2) is 16.6 Å². The average molecular weight is 240 g/mol. The van der Waals surface area contributed by atoms with E-state index in [1.807, 2.05) is 12.3 Å². The number of fused-ring (bicyclic) bond motifs is 1. The Bertz CT molecular complexity index is 554. The third-order valence-corrected chi connectivity index (χ3v) is 3.53. The normalized spacial score (nSPS) is 14.4. The summed E-state index contributed by atoms with van der Waals surface area (Å²) in [4.78, 5) is 6.46. The van der Waals surface area contributed by atoms with Gasteiger partial charge in [-0.25, -0.2) is 0 Å². The Labute approximate surface area is 107 Å². The van der Waals surface area contributed by atoms with Crippen LogP contribution in [-0.2, 0) is 19.6 Å². The molecule has 92 valence electrons. The minimum atomic E-state index is 0.0655. The Morgan fingerprint density at radius 3 is 2.83 bits per heavy atom. The van der Waals surface area contributed by atoms with Crippen LogP contribution in [0.4, 0.5) is 5.69 Å². The van der Waals surface area contributed by atoms with E-state index in [1.54, 1.807) is 6.20 Å². The molecule has 0 unspecified atom stereocenters. The molecule has 0 atom stereocenters. The number of rotatable bonds is 2. The predicted molar refractivity (Wildman–Crippen MR) is 71.4 cm³/mol. The zero-order valence-electron chi connectivity index (χ0n) is 10.2. The van der Waals surface area contributed by atoms with Crippen LogP contribution in [0.2, 0.25) is 0 Å². The Hall–Kier alpha value is -1.87. The summed E-state index contributed by atoms with van der Waals surface area (Å²) in [5.41, 5.74) is 4.80. The van der Waals surface area contributed by atoms with Gasteiger partial charge in [0.2, 0.25) is 0 Å². The molecular formula is C15H16N2O. The first kappa shape index (κ1) is 11.2. The lowest BCUT2D eigenvalue weighted by Gasteiger charge is -2.31. The van der Waals surface area contributed by atoms with Gasteiger partial charge in [-0.15, -0.1) is 0 Å². The summed E-state index contributed by atoms with van der Waals surface area (Å²) >= 11 is 0. The molecule has 0 saturated carbocycles. The first-order valence-corrected chi connectivity index (χ1v) is 6.24. The fourth-order valence-electron chi connectivity index (χ4n) is 2.53. The number of nitrogens with zero attached hydrogens (tertiary/aromatic N) is 2. The highest BCUT2D eigenvalue weighted by molar-refractivity contribution is 5.53. The molecule has 0 spiro atoms. The molecule has 0 aliphatic carbocycles. The zero-order valence-corrected chi connectivity index (χ0v) is 10.2. The summed E-state index contributed by atoms with van der Waals surface area (Å²) in [5.74, 6) is 0. The number of pyridine rings is 1. The topological polar surface area (TPSA) is 36.4 Å². The molecule has 2 heterocycles. The molecule has 3 nitrogen and oxygen atoms in total. The van der Waals surface area contributed by atoms with Crippen LogP contribution in [0.25, 0.3) is 0 Å². The highest BCUT2D eigenvalue weighted by Gasteiger charge is 2.17. The van der Waals surface area contributed by atoms with Gasteiger partial charge < -0.3 is 10.0 Å². The van der Waals surface area contributed by atoms with Crippen molar-refractivity contribution in [3.8, 4) is 0 Å². The van der Waals surface area contributed by atoms with Crippen LogP contribution in [0.1, 0.15) is 16.7 Å². The molecule has 0 fully saturated rings. The number of aromatic nitrogens is 1. The lowest BCUT2D eigenvalue weighted by atomic mass is 9.99. The number of hydrogen-bond acceptors (Lipinski definition) is 3. The molecule has 0 saturated heterocycles. The van der Waals surface area contributed by atoms with Gasteiger partial charge in [0.1, 0.15) is 0 Å². The number of anilines is 1. The summed E-state index contributed by atoms with van der Waals surface area (Å²) in [6.45, 7) is 1.95. The number of benzene rings is 1. The maximum absolute atomic E-state index is 9.39. The fraction of sp³-hybridized carbons (Fsp3) is 0.267. The second-order valence-corrected chi connectivity index (χ2v) is 4.60. The first-order chi connectivity index (χ1) is 8.88. The van der Waals surface area contributed by atoms with Gasteiger partial charge >= 0.3 is 0 Å². The molecule has 2 aromatic rings. The predicted octanol–water partition coefficient (Wildman–Crippen LogP) is 2.14. The molecule has 0 amide bonds.